The molecule has 1 rings (SSSR count). The first kappa shape index (κ1) is 13.1. The lowest BCUT2D eigenvalue weighted by Gasteiger charge is -2.08. The molecule has 5 nitrogen and oxygen atoms in total. The molecule has 6 heteroatoms. The molecular formula is C10H17N3O2S. The van der Waals surface area contributed by atoms with Crippen LogP contribution in [0.4, 0.5) is 5.13 Å². The quantitative estimate of drug-likeness (QED) is 0.820. The van der Waals surface area contributed by atoms with Crippen LogP contribution in [0.3, 0.4) is 0 Å². The summed E-state index contributed by atoms with van der Waals surface area (Å²) in [6.07, 6.45) is -0.464. The van der Waals surface area contributed by atoms with E-state index in [1.54, 1.807) is 6.92 Å². The maximum atomic E-state index is 11.5. The molecule has 1 aromatic rings. The van der Waals surface area contributed by atoms with Crippen molar-refractivity contribution in [1.82, 2.24) is 10.3 Å². The predicted octanol–water partition coefficient (Wildman–Crippen LogP) is 1.40. The largest absolute Gasteiger partial charge is 0.372 e. The van der Waals surface area contributed by atoms with E-state index in [0.717, 1.165) is 5.69 Å². The summed E-state index contributed by atoms with van der Waals surface area (Å²) < 4.78 is 4.91. The normalized spacial score (nSPS) is 14.5. The number of hydrogen-bond acceptors (Lipinski definition) is 5. The van der Waals surface area contributed by atoms with Crippen LogP contribution in [0.1, 0.15) is 25.6 Å². The van der Waals surface area contributed by atoms with Gasteiger partial charge >= 0.3 is 0 Å². The van der Waals surface area contributed by atoms with Gasteiger partial charge in [-0.1, -0.05) is 0 Å². The number of nitrogens with zero attached hydrogens (tertiary/aromatic N) is 1. The third kappa shape index (κ3) is 3.26. The van der Waals surface area contributed by atoms with Crippen molar-refractivity contribution in [3.05, 3.63) is 11.1 Å². The Hall–Kier alpha value is -0.980. The number of hydrogen-bond donors (Lipinski definition) is 2. The van der Waals surface area contributed by atoms with Gasteiger partial charge in [-0.3, -0.25) is 10.1 Å². The molecule has 1 heterocycles. The van der Waals surface area contributed by atoms with Gasteiger partial charge in [0.15, 0.2) is 5.13 Å². The lowest BCUT2D eigenvalue weighted by Crippen LogP contribution is -2.26. The van der Waals surface area contributed by atoms with Crippen LogP contribution < -0.4 is 10.6 Å². The van der Waals surface area contributed by atoms with E-state index in [9.17, 15) is 4.79 Å². The summed E-state index contributed by atoms with van der Waals surface area (Å²) in [6.45, 7) is 3.71. The van der Waals surface area contributed by atoms with Crippen molar-refractivity contribution in [2.45, 2.75) is 26.0 Å². The van der Waals surface area contributed by atoms with E-state index >= 15 is 0 Å². The number of carbonyl (C=O) groups is 1. The van der Waals surface area contributed by atoms with Crippen LogP contribution in [-0.2, 0) is 9.53 Å². The third-order valence-corrected chi connectivity index (χ3v) is 3.13. The molecule has 0 saturated carbocycles. The topological polar surface area (TPSA) is 63.2 Å². The van der Waals surface area contributed by atoms with Crippen LogP contribution >= 0.6 is 11.3 Å². The zero-order valence-corrected chi connectivity index (χ0v) is 10.7. The Morgan fingerprint density at radius 2 is 2.25 bits per heavy atom. The van der Waals surface area contributed by atoms with Gasteiger partial charge in [0.1, 0.15) is 6.10 Å². The van der Waals surface area contributed by atoms with E-state index in [2.05, 4.69) is 15.6 Å². The summed E-state index contributed by atoms with van der Waals surface area (Å²) >= 11 is 1.41. The van der Waals surface area contributed by atoms with E-state index in [1.807, 2.05) is 19.4 Å². The van der Waals surface area contributed by atoms with Crippen LogP contribution in [0.2, 0.25) is 0 Å². The molecule has 0 aromatic carbocycles. The molecule has 0 radical (unpaired) electrons. The number of ether oxygens (including phenoxy) is 1. The summed E-state index contributed by atoms with van der Waals surface area (Å²) in [5.74, 6) is -0.180. The molecule has 90 valence electrons. The van der Waals surface area contributed by atoms with Gasteiger partial charge in [0.05, 0.1) is 5.69 Å². The molecule has 0 aliphatic heterocycles. The van der Waals surface area contributed by atoms with Crippen LogP contribution in [0.5, 0.6) is 0 Å². The van der Waals surface area contributed by atoms with Gasteiger partial charge in [0.2, 0.25) is 0 Å². The third-order valence-electron chi connectivity index (χ3n) is 2.35. The Labute approximate surface area is 99.2 Å². The predicted molar refractivity (Wildman–Crippen MR) is 64.7 cm³/mol. The lowest BCUT2D eigenvalue weighted by molar-refractivity contribution is -0.124. The summed E-state index contributed by atoms with van der Waals surface area (Å²) in [6, 6.07) is 0.182. The van der Waals surface area contributed by atoms with Gasteiger partial charge in [-0.15, -0.1) is 11.3 Å². The summed E-state index contributed by atoms with van der Waals surface area (Å²) in [4.78, 5) is 15.8. The van der Waals surface area contributed by atoms with E-state index in [1.165, 1.54) is 18.4 Å². The fourth-order valence-corrected chi connectivity index (χ4v) is 1.81. The molecular weight excluding hydrogens is 226 g/mol. The molecule has 0 aliphatic rings. The zero-order valence-electron chi connectivity index (χ0n) is 9.90. The van der Waals surface area contributed by atoms with Gasteiger partial charge in [-0.25, -0.2) is 4.98 Å². The Morgan fingerprint density at radius 1 is 1.56 bits per heavy atom. The highest BCUT2D eigenvalue weighted by atomic mass is 32.1. The molecule has 0 aliphatic carbocycles. The first-order valence-corrected chi connectivity index (χ1v) is 5.92. The van der Waals surface area contributed by atoms with Gasteiger partial charge in [0.25, 0.3) is 5.91 Å². The maximum absolute atomic E-state index is 11.5. The number of amides is 1. The molecule has 16 heavy (non-hydrogen) atoms. The SMILES string of the molecule is CNC(C)c1csc(NC(=O)C(C)OC)n1. The number of methoxy groups -OCH3 is 1. The Balaban J connectivity index is 2.62. The summed E-state index contributed by atoms with van der Waals surface area (Å²) in [5.41, 5.74) is 0.924. The second-order valence-corrected chi connectivity index (χ2v) is 4.31. The van der Waals surface area contributed by atoms with Gasteiger partial charge in [0, 0.05) is 18.5 Å². The minimum Gasteiger partial charge on any atom is -0.372 e. The highest BCUT2D eigenvalue weighted by Crippen LogP contribution is 2.20. The van der Waals surface area contributed by atoms with Crippen LogP contribution in [0, 0.1) is 0 Å². The van der Waals surface area contributed by atoms with Gasteiger partial charge in [-0.05, 0) is 20.9 Å². The second kappa shape index (κ2) is 5.93. The molecule has 0 spiro atoms. The van der Waals surface area contributed by atoms with Gasteiger partial charge in [-0.2, -0.15) is 0 Å². The number of carbonyl (C=O) groups excluding carboxylic acids is 1. The Kier molecular flexibility index (Phi) is 4.85. The molecule has 0 saturated heterocycles. The monoisotopic (exact) mass is 243 g/mol. The standard InChI is InChI=1S/C10H17N3O2S/c1-6(11-3)8-5-16-10(12-8)13-9(14)7(2)15-4/h5-7,11H,1-4H3,(H,12,13,14). The van der Waals surface area contributed by atoms with Crippen molar-refractivity contribution in [3.63, 3.8) is 0 Å². The van der Waals surface area contributed by atoms with E-state index in [4.69, 9.17) is 4.74 Å². The minimum absolute atomic E-state index is 0.180. The van der Waals surface area contributed by atoms with E-state index < -0.39 is 6.10 Å². The number of aromatic nitrogens is 1. The van der Waals surface area contributed by atoms with Crippen molar-refractivity contribution >= 4 is 22.4 Å². The molecule has 0 bridgehead atoms. The average molecular weight is 243 g/mol. The van der Waals surface area contributed by atoms with Crippen molar-refractivity contribution < 1.29 is 9.53 Å². The number of anilines is 1. The molecule has 2 N–H and O–H groups in total. The van der Waals surface area contributed by atoms with E-state index in [0.29, 0.717) is 5.13 Å². The van der Waals surface area contributed by atoms with Crippen LogP contribution in [0.15, 0.2) is 5.38 Å². The summed E-state index contributed by atoms with van der Waals surface area (Å²) in [5, 5.41) is 8.32. The smallest absolute Gasteiger partial charge is 0.254 e. The van der Waals surface area contributed by atoms with Crippen LogP contribution in [-0.4, -0.2) is 31.2 Å². The second-order valence-electron chi connectivity index (χ2n) is 3.46. The Morgan fingerprint density at radius 3 is 2.81 bits per heavy atom. The minimum atomic E-state index is -0.464. The average Bonchev–Trinajstić information content (AvgIpc) is 2.75. The molecule has 1 aromatic heterocycles. The van der Waals surface area contributed by atoms with Gasteiger partial charge < -0.3 is 10.1 Å². The van der Waals surface area contributed by atoms with E-state index in [-0.39, 0.29) is 11.9 Å². The molecule has 2 unspecified atom stereocenters. The van der Waals surface area contributed by atoms with Crippen molar-refractivity contribution in [3.8, 4) is 0 Å². The van der Waals surface area contributed by atoms with Crippen molar-refractivity contribution in [2.24, 2.45) is 0 Å². The molecule has 0 fully saturated rings. The number of thiazole rings is 1. The van der Waals surface area contributed by atoms with Crippen molar-refractivity contribution in [1.29, 1.82) is 0 Å². The Bertz CT molecular complexity index is 354. The van der Waals surface area contributed by atoms with Crippen molar-refractivity contribution in [2.75, 3.05) is 19.5 Å². The summed E-state index contributed by atoms with van der Waals surface area (Å²) in [7, 11) is 3.37. The maximum Gasteiger partial charge on any atom is 0.254 e. The first-order chi connectivity index (χ1) is 7.58. The fourth-order valence-electron chi connectivity index (χ4n) is 1.00. The molecule has 2 atom stereocenters. The first-order valence-electron chi connectivity index (χ1n) is 5.04. The zero-order chi connectivity index (χ0) is 12.1. The highest BCUT2D eigenvalue weighted by Gasteiger charge is 2.14. The lowest BCUT2D eigenvalue weighted by atomic mass is 10.3. The molecule has 1 amide bonds. The van der Waals surface area contributed by atoms with Crippen LogP contribution in [0.25, 0.3) is 0 Å². The fraction of sp³-hybridized carbons (Fsp3) is 0.600. The number of rotatable bonds is 5. The highest BCUT2D eigenvalue weighted by molar-refractivity contribution is 7.13. The number of nitrogens with one attached hydrogen (secondary N) is 2.